The monoisotopic (exact) mass is 208 g/mol. The zero-order valence-corrected chi connectivity index (χ0v) is 9.83. The lowest BCUT2D eigenvalue weighted by Gasteiger charge is -2.10. The number of hydrogen-bond acceptors (Lipinski definition) is 0. The molecule has 1 aliphatic rings. The SMILES string of the molecule is CCC1=CC(C)c2c1ccc1ccccc21. The summed E-state index contributed by atoms with van der Waals surface area (Å²) in [6, 6.07) is 13.2. The summed E-state index contributed by atoms with van der Waals surface area (Å²) in [5.41, 5.74) is 4.50. The Kier molecular flexibility index (Phi) is 2.10. The summed E-state index contributed by atoms with van der Waals surface area (Å²) in [5.74, 6) is 0.566. The molecule has 0 saturated carbocycles. The van der Waals surface area contributed by atoms with Crippen LogP contribution in [-0.2, 0) is 0 Å². The van der Waals surface area contributed by atoms with Crippen molar-refractivity contribution in [2.45, 2.75) is 26.2 Å². The lowest BCUT2D eigenvalue weighted by atomic mass is 9.94. The molecule has 0 saturated heterocycles. The number of allylic oxidation sites excluding steroid dienone is 2. The molecule has 80 valence electrons. The van der Waals surface area contributed by atoms with Crippen LogP contribution in [0.1, 0.15) is 37.3 Å². The maximum absolute atomic E-state index is 2.41. The Hall–Kier alpha value is -1.56. The number of hydrogen-bond donors (Lipinski definition) is 0. The third-order valence-corrected chi connectivity index (χ3v) is 3.60. The summed E-state index contributed by atoms with van der Waals surface area (Å²) in [6.45, 7) is 4.54. The molecule has 0 N–H and O–H groups in total. The molecule has 0 fully saturated rings. The topological polar surface area (TPSA) is 0 Å². The van der Waals surface area contributed by atoms with Gasteiger partial charge >= 0.3 is 0 Å². The van der Waals surface area contributed by atoms with Crippen LogP contribution in [0.4, 0.5) is 0 Å². The minimum atomic E-state index is 0.566. The molecule has 1 aliphatic carbocycles. The fraction of sp³-hybridized carbons (Fsp3) is 0.250. The van der Waals surface area contributed by atoms with Crippen LogP contribution in [-0.4, -0.2) is 0 Å². The molecule has 0 heterocycles. The van der Waals surface area contributed by atoms with E-state index >= 15 is 0 Å². The Balaban J connectivity index is 2.35. The largest absolute Gasteiger partial charge is 0.0734 e. The van der Waals surface area contributed by atoms with E-state index in [1.54, 1.807) is 0 Å². The molecule has 0 bridgehead atoms. The van der Waals surface area contributed by atoms with Gasteiger partial charge in [-0.2, -0.15) is 0 Å². The quantitative estimate of drug-likeness (QED) is 0.634. The zero-order chi connectivity index (χ0) is 11.1. The van der Waals surface area contributed by atoms with E-state index in [0.717, 1.165) is 6.42 Å². The number of fused-ring (bicyclic) bond motifs is 3. The van der Waals surface area contributed by atoms with Gasteiger partial charge in [0.15, 0.2) is 0 Å². The maximum Gasteiger partial charge on any atom is 0.000779 e. The Bertz CT molecular complexity index is 576. The van der Waals surface area contributed by atoms with Crippen LogP contribution in [0.2, 0.25) is 0 Å². The highest BCUT2D eigenvalue weighted by atomic mass is 14.2. The van der Waals surface area contributed by atoms with E-state index in [9.17, 15) is 0 Å². The minimum absolute atomic E-state index is 0.566. The van der Waals surface area contributed by atoms with Crippen molar-refractivity contribution in [3.63, 3.8) is 0 Å². The van der Waals surface area contributed by atoms with Gasteiger partial charge in [0, 0.05) is 5.92 Å². The lowest BCUT2D eigenvalue weighted by Crippen LogP contribution is -1.90. The predicted molar refractivity (Wildman–Crippen MR) is 70.6 cm³/mol. The van der Waals surface area contributed by atoms with Crippen LogP contribution < -0.4 is 0 Å². The van der Waals surface area contributed by atoms with Crippen LogP contribution in [0.15, 0.2) is 42.5 Å². The molecule has 0 spiro atoms. The van der Waals surface area contributed by atoms with Gasteiger partial charge in [-0.1, -0.05) is 56.3 Å². The average Bonchev–Trinajstić information content (AvgIpc) is 2.66. The summed E-state index contributed by atoms with van der Waals surface area (Å²) in [7, 11) is 0. The molecule has 0 radical (unpaired) electrons. The van der Waals surface area contributed by atoms with E-state index in [1.807, 2.05) is 0 Å². The first kappa shape index (κ1) is 9.65. The van der Waals surface area contributed by atoms with Crippen LogP contribution in [0, 0.1) is 0 Å². The zero-order valence-electron chi connectivity index (χ0n) is 9.83. The Labute approximate surface area is 96.6 Å². The second kappa shape index (κ2) is 3.48. The molecule has 0 nitrogen and oxygen atoms in total. The molecule has 16 heavy (non-hydrogen) atoms. The van der Waals surface area contributed by atoms with E-state index in [0.29, 0.717) is 5.92 Å². The van der Waals surface area contributed by atoms with E-state index in [4.69, 9.17) is 0 Å². The third-order valence-electron chi connectivity index (χ3n) is 3.60. The van der Waals surface area contributed by atoms with Gasteiger partial charge in [-0.3, -0.25) is 0 Å². The highest BCUT2D eigenvalue weighted by Crippen LogP contribution is 2.41. The van der Waals surface area contributed by atoms with Gasteiger partial charge in [-0.15, -0.1) is 0 Å². The van der Waals surface area contributed by atoms with Gasteiger partial charge in [-0.05, 0) is 33.9 Å². The average molecular weight is 208 g/mol. The van der Waals surface area contributed by atoms with Crippen molar-refractivity contribution < 1.29 is 0 Å². The van der Waals surface area contributed by atoms with Gasteiger partial charge < -0.3 is 0 Å². The Morgan fingerprint density at radius 3 is 2.69 bits per heavy atom. The molecular weight excluding hydrogens is 192 g/mol. The first-order valence-electron chi connectivity index (χ1n) is 6.04. The molecule has 1 atom stereocenters. The maximum atomic E-state index is 2.41. The summed E-state index contributed by atoms with van der Waals surface area (Å²) in [6.07, 6.45) is 3.55. The molecule has 0 aliphatic heterocycles. The normalized spacial score (nSPS) is 18.6. The fourth-order valence-corrected chi connectivity index (χ4v) is 2.85. The third kappa shape index (κ3) is 1.23. The molecule has 0 heteroatoms. The van der Waals surface area contributed by atoms with E-state index in [1.165, 1.54) is 27.5 Å². The number of benzene rings is 2. The van der Waals surface area contributed by atoms with E-state index in [-0.39, 0.29) is 0 Å². The molecule has 1 unspecified atom stereocenters. The summed E-state index contributed by atoms with van der Waals surface area (Å²) < 4.78 is 0. The highest BCUT2D eigenvalue weighted by Gasteiger charge is 2.20. The first-order chi connectivity index (χ1) is 7.81. The van der Waals surface area contributed by atoms with E-state index in [2.05, 4.69) is 56.3 Å². The van der Waals surface area contributed by atoms with E-state index < -0.39 is 0 Å². The van der Waals surface area contributed by atoms with Crippen molar-refractivity contribution in [1.82, 2.24) is 0 Å². The summed E-state index contributed by atoms with van der Waals surface area (Å²) in [4.78, 5) is 0. The van der Waals surface area contributed by atoms with Crippen molar-refractivity contribution in [3.05, 3.63) is 53.6 Å². The first-order valence-corrected chi connectivity index (χ1v) is 6.04. The minimum Gasteiger partial charge on any atom is -0.0734 e. The van der Waals surface area contributed by atoms with Gasteiger partial charge in [0.2, 0.25) is 0 Å². The summed E-state index contributed by atoms with van der Waals surface area (Å²) >= 11 is 0. The molecule has 0 amide bonds. The standard InChI is InChI=1S/C16H16/c1-3-12-10-11(2)16-14-7-5-4-6-13(14)8-9-15(12)16/h4-11H,3H2,1-2H3. The van der Waals surface area contributed by atoms with Gasteiger partial charge in [0.1, 0.15) is 0 Å². The molecule has 3 rings (SSSR count). The van der Waals surface area contributed by atoms with Crippen molar-refractivity contribution in [3.8, 4) is 0 Å². The number of rotatable bonds is 1. The van der Waals surface area contributed by atoms with Crippen molar-refractivity contribution >= 4 is 16.3 Å². The van der Waals surface area contributed by atoms with Crippen LogP contribution >= 0.6 is 0 Å². The predicted octanol–water partition coefficient (Wildman–Crippen LogP) is 4.75. The van der Waals surface area contributed by atoms with Gasteiger partial charge in [0.05, 0.1) is 0 Å². The van der Waals surface area contributed by atoms with Gasteiger partial charge in [0.25, 0.3) is 0 Å². The fourth-order valence-electron chi connectivity index (χ4n) is 2.85. The molecular formula is C16H16. The highest BCUT2D eigenvalue weighted by molar-refractivity contribution is 5.93. The van der Waals surface area contributed by atoms with Crippen LogP contribution in [0.25, 0.3) is 16.3 Å². The molecule has 2 aromatic rings. The van der Waals surface area contributed by atoms with Crippen molar-refractivity contribution in [2.24, 2.45) is 0 Å². The second-order valence-corrected chi connectivity index (χ2v) is 4.58. The lowest BCUT2D eigenvalue weighted by molar-refractivity contribution is 1.00. The second-order valence-electron chi connectivity index (χ2n) is 4.58. The van der Waals surface area contributed by atoms with Crippen molar-refractivity contribution in [1.29, 1.82) is 0 Å². The Morgan fingerprint density at radius 1 is 1.06 bits per heavy atom. The molecule has 0 aromatic heterocycles. The Morgan fingerprint density at radius 2 is 1.88 bits per heavy atom. The summed E-state index contributed by atoms with van der Waals surface area (Å²) in [5, 5.41) is 2.78. The molecule has 2 aromatic carbocycles. The smallest absolute Gasteiger partial charge is 0.000779 e. The van der Waals surface area contributed by atoms with Gasteiger partial charge in [-0.25, -0.2) is 0 Å². The van der Waals surface area contributed by atoms with Crippen LogP contribution in [0.5, 0.6) is 0 Å². The van der Waals surface area contributed by atoms with Crippen molar-refractivity contribution in [2.75, 3.05) is 0 Å². The van der Waals surface area contributed by atoms with Crippen LogP contribution in [0.3, 0.4) is 0 Å².